The molecule has 0 radical (unpaired) electrons. The van der Waals surface area contributed by atoms with E-state index in [-0.39, 0.29) is 5.69 Å². The Morgan fingerprint density at radius 2 is 1.70 bits per heavy atom. The van der Waals surface area contributed by atoms with Crippen LogP contribution < -0.4 is 9.46 Å². The van der Waals surface area contributed by atoms with Gasteiger partial charge in [-0.25, -0.2) is 13.1 Å². The lowest BCUT2D eigenvalue weighted by atomic mass is 10.2. The largest absolute Gasteiger partial charge is 0.483 e. The fourth-order valence-electron chi connectivity index (χ4n) is 1.92. The van der Waals surface area contributed by atoms with Gasteiger partial charge in [-0.05, 0) is 24.3 Å². The molecule has 0 spiro atoms. The number of nitro groups is 1. The molecular weight excluding hydrogens is 393 g/mol. The second-order valence-electron chi connectivity index (χ2n) is 5.09. The summed E-state index contributed by atoms with van der Waals surface area (Å²) >= 11 is 0. The maximum absolute atomic E-state index is 12.3. The molecule has 0 aromatic heterocycles. The summed E-state index contributed by atoms with van der Waals surface area (Å²) in [6, 6.07) is 8.49. The van der Waals surface area contributed by atoms with Gasteiger partial charge in [0.25, 0.3) is 21.6 Å². The first-order chi connectivity index (χ1) is 12.5. The minimum atomic E-state index is -4.64. The Kier molecular flexibility index (Phi) is 5.69. The minimum Gasteiger partial charge on any atom is -0.483 e. The van der Waals surface area contributed by atoms with E-state index in [1.807, 2.05) is 0 Å². The van der Waals surface area contributed by atoms with Crippen molar-refractivity contribution in [2.24, 2.45) is 0 Å². The quantitative estimate of drug-likeness (QED) is 0.585. The molecule has 1 amide bonds. The van der Waals surface area contributed by atoms with E-state index in [0.717, 1.165) is 36.4 Å². The zero-order valence-electron chi connectivity index (χ0n) is 13.3. The lowest BCUT2D eigenvalue weighted by molar-refractivity contribution is -0.384. The molecule has 2 rings (SSSR count). The van der Waals surface area contributed by atoms with Crippen molar-refractivity contribution < 1.29 is 36.0 Å². The molecule has 0 heterocycles. The highest BCUT2D eigenvalue weighted by atomic mass is 32.2. The molecule has 144 valence electrons. The van der Waals surface area contributed by atoms with Crippen molar-refractivity contribution >= 4 is 21.6 Å². The molecule has 2 aromatic rings. The normalized spacial score (nSPS) is 11.7. The third-order valence-electron chi connectivity index (χ3n) is 3.11. The first kappa shape index (κ1) is 20.2. The van der Waals surface area contributed by atoms with Crippen LogP contribution in [0.4, 0.5) is 18.9 Å². The van der Waals surface area contributed by atoms with E-state index in [9.17, 15) is 36.5 Å². The maximum atomic E-state index is 12.3. The highest BCUT2D eigenvalue weighted by Crippen LogP contribution is 2.23. The average molecular weight is 404 g/mol. The number of benzene rings is 2. The predicted octanol–water partition coefficient (Wildman–Crippen LogP) is 2.65. The van der Waals surface area contributed by atoms with Crippen LogP contribution >= 0.6 is 0 Å². The Hall–Kier alpha value is -3.15. The van der Waals surface area contributed by atoms with Gasteiger partial charge in [-0.15, -0.1) is 0 Å². The van der Waals surface area contributed by atoms with E-state index in [4.69, 9.17) is 0 Å². The Balaban J connectivity index is 2.22. The van der Waals surface area contributed by atoms with Crippen LogP contribution in [0.15, 0.2) is 53.4 Å². The summed E-state index contributed by atoms with van der Waals surface area (Å²) < 4.78 is 67.5. The average Bonchev–Trinajstić information content (AvgIpc) is 2.59. The highest BCUT2D eigenvalue weighted by molar-refractivity contribution is 7.90. The lowest BCUT2D eigenvalue weighted by Crippen LogP contribution is -2.31. The summed E-state index contributed by atoms with van der Waals surface area (Å²) in [4.78, 5) is 21.6. The number of halogens is 3. The molecule has 1 N–H and O–H groups in total. The summed E-state index contributed by atoms with van der Waals surface area (Å²) in [5.41, 5.74) is -0.779. The number of hydrogen-bond acceptors (Lipinski definition) is 6. The number of para-hydroxylation sites is 1. The Morgan fingerprint density at radius 1 is 1.11 bits per heavy atom. The SMILES string of the molecule is O=C(NS(=O)(=O)c1ccc([N+](=O)[O-])cc1)c1ccccc1OCC(F)(F)F. The number of amides is 1. The van der Waals surface area contributed by atoms with E-state index in [1.165, 1.54) is 12.1 Å². The first-order valence-corrected chi connectivity index (χ1v) is 8.58. The van der Waals surface area contributed by atoms with Crippen LogP contribution in [0.3, 0.4) is 0 Å². The van der Waals surface area contributed by atoms with Gasteiger partial charge >= 0.3 is 6.18 Å². The van der Waals surface area contributed by atoms with Crippen molar-refractivity contribution in [3.63, 3.8) is 0 Å². The van der Waals surface area contributed by atoms with Crippen LogP contribution in [0.2, 0.25) is 0 Å². The van der Waals surface area contributed by atoms with Crippen molar-refractivity contribution in [3.8, 4) is 5.75 Å². The number of alkyl halides is 3. The summed E-state index contributed by atoms with van der Waals surface area (Å²) in [6.45, 7) is -1.66. The Bertz CT molecular complexity index is 958. The lowest BCUT2D eigenvalue weighted by Gasteiger charge is -2.13. The zero-order chi connectivity index (χ0) is 20.2. The fourth-order valence-corrected chi connectivity index (χ4v) is 2.89. The van der Waals surface area contributed by atoms with E-state index < -0.39 is 49.8 Å². The first-order valence-electron chi connectivity index (χ1n) is 7.10. The summed E-state index contributed by atoms with van der Waals surface area (Å²) in [7, 11) is -4.41. The molecule has 12 heteroatoms. The van der Waals surface area contributed by atoms with Crippen molar-refractivity contribution in [1.82, 2.24) is 4.72 Å². The zero-order valence-corrected chi connectivity index (χ0v) is 14.1. The third-order valence-corrected chi connectivity index (χ3v) is 4.45. The van der Waals surface area contributed by atoms with Crippen molar-refractivity contribution in [1.29, 1.82) is 0 Å². The summed E-state index contributed by atoms with van der Waals surface area (Å²) in [5.74, 6) is -1.67. The number of nitrogens with zero attached hydrogens (tertiary/aromatic N) is 1. The molecule has 0 aliphatic carbocycles. The standard InChI is InChI=1S/C15H11F3N2O6S/c16-15(17,18)9-26-13-4-2-1-3-12(13)14(21)19-27(24,25)11-7-5-10(6-8-11)20(22)23/h1-8H,9H2,(H,19,21). The number of ether oxygens (including phenoxy) is 1. The molecule has 0 saturated carbocycles. The van der Waals surface area contributed by atoms with Gasteiger partial charge in [0.2, 0.25) is 0 Å². The maximum Gasteiger partial charge on any atom is 0.422 e. The summed E-state index contributed by atoms with van der Waals surface area (Å²) in [5, 5.41) is 10.6. The molecule has 0 saturated heterocycles. The molecule has 0 aliphatic rings. The predicted molar refractivity (Wildman–Crippen MR) is 85.7 cm³/mol. The number of rotatable bonds is 6. The van der Waals surface area contributed by atoms with E-state index >= 15 is 0 Å². The van der Waals surface area contributed by atoms with E-state index in [2.05, 4.69) is 4.74 Å². The number of carbonyl (C=O) groups is 1. The molecule has 2 aromatic carbocycles. The molecule has 0 aliphatic heterocycles. The smallest absolute Gasteiger partial charge is 0.422 e. The van der Waals surface area contributed by atoms with Crippen LogP contribution in [-0.2, 0) is 10.0 Å². The molecule has 0 unspecified atom stereocenters. The minimum absolute atomic E-state index is 0.355. The van der Waals surface area contributed by atoms with Crippen LogP contribution in [0, 0.1) is 10.1 Å². The third kappa shape index (κ3) is 5.41. The van der Waals surface area contributed by atoms with E-state index in [1.54, 1.807) is 4.72 Å². The fraction of sp³-hybridized carbons (Fsp3) is 0.133. The van der Waals surface area contributed by atoms with Crippen molar-refractivity contribution in [3.05, 3.63) is 64.2 Å². The number of hydrogen-bond donors (Lipinski definition) is 1. The number of non-ortho nitro benzene ring substituents is 1. The Morgan fingerprint density at radius 3 is 2.26 bits per heavy atom. The molecule has 8 nitrogen and oxygen atoms in total. The van der Waals surface area contributed by atoms with Gasteiger partial charge < -0.3 is 4.74 Å². The van der Waals surface area contributed by atoms with Gasteiger partial charge in [0.05, 0.1) is 15.4 Å². The Labute approximate surface area is 150 Å². The second-order valence-corrected chi connectivity index (χ2v) is 6.77. The molecule has 0 bridgehead atoms. The second kappa shape index (κ2) is 7.61. The number of carbonyl (C=O) groups excluding carboxylic acids is 1. The van der Waals surface area contributed by atoms with Crippen molar-refractivity contribution in [2.75, 3.05) is 6.61 Å². The number of nitrogens with one attached hydrogen (secondary N) is 1. The van der Waals surface area contributed by atoms with Crippen LogP contribution in [-0.4, -0.2) is 32.0 Å². The van der Waals surface area contributed by atoms with Gasteiger partial charge in [0.1, 0.15) is 5.75 Å². The molecule has 0 fully saturated rings. The van der Waals surface area contributed by atoms with Gasteiger partial charge in [-0.1, -0.05) is 12.1 Å². The highest BCUT2D eigenvalue weighted by Gasteiger charge is 2.29. The topological polar surface area (TPSA) is 116 Å². The van der Waals surface area contributed by atoms with Gasteiger partial charge in [-0.3, -0.25) is 14.9 Å². The van der Waals surface area contributed by atoms with Crippen LogP contribution in [0.5, 0.6) is 5.75 Å². The summed E-state index contributed by atoms with van der Waals surface area (Å²) in [6.07, 6.45) is -4.64. The van der Waals surface area contributed by atoms with Crippen molar-refractivity contribution in [2.45, 2.75) is 11.1 Å². The number of sulfonamides is 1. The van der Waals surface area contributed by atoms with Crippen LogP contribution in [0.1, 0.15) is 10.4 Å². The van der Waals surface area contributed by atoms with Crippen LogP contribution in [0.25, 0.3) is 0 Å². The molecule has 0 atom stereocenters. The molecular formula is C15H11F3N2O6S. The number of nitro benzene ring substituents is 1. The van der Waals surface area contributed by atoms with Gasteiger partial charge in [0, 0.05) is 12.1 Å². The van der Waals surface area contributed by atoms with Gasteiger partial charge in [0.15, 0.2) is 6.61 Å². The molecule has 27 heavy (non-hydrogen) atoms. The monoisotopic (exact) mass is 404 g/mol. The van der Waals surface area contributed by atoms with E-state index in [0.29, 0.717) is 0 Å². The van der Waals surface area contributed by atoms with Gasteiger partial charge in [-0.2, -0.15) is 13.2 Å².